The van der Waals surface area contributed by atoms with Gasteiger partial charge in [0.25, 0.3) is 5.91 Å². The molecule has 0 N–H and O–H groups in total. The number of thioether (sulfide) groups is 1. The first-order chi connectivity index (χ1) is 12.9. The highest BCUT2D eigenvalue weighted by molar-refractivity contribution is 8.18. The van der Waals surface area contributed by atoms with Gasteiger partial charge in [-0.2, -0.15) is 0 Å². The summed E-state index contributed by atoms with van der Waals surface area (Å²) in [5.41, 5.74) is 2.72. The summed E-state index contributed by atoms with van der Waals surface area (Å²) in [6.07, 6.45) is 2.62. The molecule has 0 radical (unpaired) electrons. The monoisotopic (exact) mass is 418 g/mol. The van der Waals surface area contributed by atoms with Crippen molar-refractivity contribution in [2.45, 2.75) is 33.2 Å². The van der Waals surface area contributed by atoms with E-state index in [0.717, 1.165) is 17.7 Å². The van der Waals surface area contributed by atoms with Gasteiger partial charge >= 0.3 is 0 Å². The van der Waals surface area contributed by atoms with Gasteiger partial charge in [-0.15, -0.1) is 0 Å². The Morgan fingerprint density at radius 1 is 1.19 bits per heavy atom. The van der Waals surface area contributed by atoms with Crippen LogP contribution < -0.4 is 0 Å². The average Bonchev–Trinajstić information content (AvgIpc) is 2.95. The van der Waals surface area contributed by atoms with Crippen LogP contribution in [0.4, 0.5) is 5.69 Å². The number of aryl methyl sites for hydroxylation is 1. The first-order valence-electron chi connectivity index (χ1n) is 8.73. The molecule has 0 saturated carbocycles. The van der Waals surface area contributed by atoms with E-state index in [-0.39, 0.29) is 11.9 Å². The Hall–Kier alpha value is -1.75. The molecule has 1 fully saturated rings. The molecule has 1 aliphatic heterocycles. The van der Waals surface area contributed by atoms with Gasteiger partial charge in [-0.05, 0) is 61.9 Å². The van der Waals surface area contributed by atoms with Crippen LogP contribution in [0.15, 0.2) is 52.4 Å². The van der Waals surface area contributed by atoms with Gasteiger partial charge in [-0.1, -0.05) is 60.0 Å². The summed E-state index contributed by atoms with van der Waals surface area (Å²) < 4.78 is 0. The number of carbonyl (C=O) groups excluding carboxylic acids is 1. The number of rotatable bonds is 4. The highest BCUT2D eigenvalue weighted by atomic mass is 35.5. The predicted octanol–water partition coefficient (Wildman–Crippen LogP) is 6.70. The normalized spacial score (nSPS) is 18.6. The second-order valence-corrected chi connectivity index (χ2v) is 8.21. The number of nitrogens with zero attached hydrogens (tertiary/aromatic N) is 2. The average molecular weight is 419 g/mol. The summed E-state index contributed by atoms with van der Waals surface area (Å²) in [5.74, 6) is -0.0590. The van der Waals surface area contributed by atoms with E-state index in [9.17, 15) is 4.79 Å². The van der Waals surface area contributed by atoms with Gasteiger partial charge in [0.2, 0.25) is 0 Å². The van der Waals surface area contributed by atoms with Crippen LogP contribution in [-0.4, -0.2) is 22.0 Å². The molecule has 0 unspecified atom stereocenters. The summed E-state index contributed by atoms with van der Waals surface area (Å²) in [5, 5.41) is 1.59. The molecular formula is C21H20Cl2N2OS. The van der Waals surface area contributed by atoms with E-state index in [1.165, 1.54) is 17.3 Å². The van der Waals surface area contributed by atoms with Crippen molar-refractivity contribution >= 4 is 57.8 Å². The van der Waals surface area contributed by atoms with Gasteiger partial charge in [0.15, 0.2) is 5.17 Å². The van der Waals surface area contributed by atoms with Crippen LogP contribution >= 0.6 is 35.0 Å². The summed E-state index contributed by atoms with van der Waals surface area (Å²) in [6.45, 7) is 6.12. The lowest BCUT2D eigenvalue weighted by Crippen LogP contribution is -2.36. The SMILES string of the molecule is CC[C@H](C)N1C(=O)/C(=C\c2cccc(Cl)c2Cl)SC1=Nc1ccc(C)cc1. The summed E-state index contributed by atoms with van der Waals surface area (Å²) >= 11 is 13.7. The molecule has 3 nitrogen and oxygen atoms in total. The van der Waals surface area contributed by atoms with Crippen LogP contribution in [0.25, 0.3) is 6.08 Å². The van der Waals surface area contributed by atoms with Crippen molar-refractivity contribution in [3.63, 3.8) is 0 Å². The zero-order chi connectivity index (χ0) is 19.6. The van der Waals surface area contributed by atoms with Crippen LogP contribution in [0, 0.1) is 6.92 Å². The van der Waals surface area contributed by atoms with Crippen molar-refractivity contribution in [1.82, 2.24) is 4.90 Å². The third-order valence-electron chi connectivity index (χ3n) is 4.40. The maximum atomic E-state index is 13.0. The summed E-state index contributed by atoms with van der Waals surface area (Å²) in [7, 11) is 0. The van der Waals surface area contributed by atoms with Crippen molar-refractivity contribution in [1.29, 1.82) is 0 Å². The Morgan fingerprint density at radius 2 is 1.89 bits per heavy atom. The second-order valence-electron chi connectivity index (χ2n) is 6.42. The van der Waals surface area contributed by atoms with E-state index in [0.29, 0.717) is 20.1 Å². The standard InChI is InChI=1S/C21H20Cl2N2OS/c1-4-14(3)25-20(26)18(12-15-6-5-7-17(22)19(15)23)27-21(25)24-16-10-8-13(2)9-11-16/h5-12,14H,4H2,1-3H3/b18-12+,24-21?/t14-/m0/s1. The Bertz CT molecular complexity index is 922. The van der Waals surface area contributed by atoms with E-state index < -0.39 is 0 Å². The van der Waals surface area contributed by atoms with E-state index in [1.54, 1.807) is 17.0 Å². The lowest BCUT2D eigenvalue weighted by molar-refractivity contribution is -0.123. The molecule has 6 heteroatoms. The predicted molar refractivity (Wildman–Crippen MR) is 117 cm³/mol. The van der Waals surface area contributed by atoms with Crippen LogP contribution in [0.5, 0.6) is 0 Å². The third-order valence-corrected chi connectivity index (χ3v) is 6.21. The molecular weight excluding hydrogens is 399 g/mol. The van der Waals surface area contributed by atoms with Crippen molar-refractivity contribution in [2.75, 3.05) is 0 Å². The number of amides is 1. The number of carbonyl (C=O) groups is 1. The number of hydrogen-bond donors (Lipinski definition) is 0. The number of amidine groups is 1. The van der Waals surface area contributed by atoms with Crippen molar-refractivity contribution in [3.05, 3.63) is 68.5 Å². The molecule has 27 heavy (non-hydrogen) atoms. The minimum Gasteiger partial charge on any atom is -0.284 e. The Morgan fingerprint density at radius 3 is 2.56 bits per heavy atom. The van der Waals surface area contributed by atoms with Gasteiger partial charge < -0.3 is 0 Å². The van der Waals surface area contributed by atoms with Gasteiger partial charge in [-0.3, -0.25) is 9.69 Å². The molecule has 3 rings (SSSR count). The fourth-order valence-corrected chi connectivity index (χ4v) is 4.08. The first-order valence-corrected chi connectivity index (χ1v) is 10.3. The highest BCUT2D eigenvalue weighted by Gasteiger charge is 2.36. The van der Waals surface area contributed by atoms with Crippen LogP contribution in [0.3, 0.4) is 0 Å². The van der Waals surface area contributed by atoms with E-state index in [1.807, 2.05) is 50.2 Å². The fourth-order valence-electron chi connectivity index (χ4n) is 2.64. The molecule has 1 amide bonds. The summed E-state index contributed by atoms with van der Waals surface area (Å²) in [4.78, 5) is 20.1. The zero-order valence-corrected chi connectivity index (χ0v) is 17.7. The third kappa shape index (κ3) is 4.40. The van der Waals surface area contributed by atoms with Gasteiger partial charge in [0.05, 0.1) is 20.6 Å². The Kier molecular flexibility index (Phi) is 6.30. The van der Waals surface area contributed by atoms with Gasteiger partial charge in [0.1, 0.15) is 0 Å². The van der Waals surface area contributed by atoms with E-state index in [2.05, 4.69) is 6.92 Å². The van der Waals surface area contributed by atoms with Crippen LogP contribution in [0.1, 0.15) is 31.4 Å². The molecule has 0 bridgehead atoms. The van der Waals surface area contributed by atoms with Gasteiger partial charge in [-0.25, -0.2) is 4.99 Å². The number of hydrogen-bond acceptors (Lipinski definition) is 3. The number of benzene rings is 2. The largest absolute Gasteiger partial charge is 0.284 e. The fraction of sp³-hybridized carbons (Fsp3) is 0.238. The van der Waals surface area contributed by atoms with Crippen molar-refractivity contribution in [2.24, 2.45) is 4.99 Å². The molecule has 1 atom stereocenters. The highest BCUT2D eigenvalue weighted by Crippen LogP contribution is 2.37. The maximum absolute atomic E-state index is 13.0. The number of aliphatic imine (C=N–C) groups is 1. The molecule has 0 aliphatic carbocycles. The lowest BCUT2D eigenvalue weighted by atomic mass is 10.2. The smallest absolute Gasteiger partial charge is 0.267 e. The first kappa shape index (κ1) is 20.0. The molecule has 1 saturated heterocycles. The molecule has 1 aliphatic rings. The number of halogens is 2. The topological polar surface area (TPSA) is 32.7 Å². The molecule has 1 heterocycles. The molecule has 2 aromatic carbocycles. The van der Waals surface area contributed by atoms with E-state index >= 15 is 0 Å². The molecule has 140 valence electrons. The molecule has 2 aromatic rings. The minimum atomic E-state index is -0.0590. The Balaban J connectivity index is 2.01. The van der Waals surface area contributed by atoms with E-state index in [4.69, 9.17) is 28.2 Å². The zero-order valence-electron chi connectivity index (χ0n) is 15.4. The lowest BCUT2D eigenvalue weighted by Gasteiger charge is -2.22. The quantitative estimate of drug-likeness (QED) is 0.517. The van der Waals surface area contributed by atoms with Crippen molar-refractivity contribution < 1.29 is 4.79 Å². The van der Waals surface area contributed by atoms with Crippen molar-refractivity contribution in [3.8, 4) is 0 Å². The molecule has 0 aromatic heterocycles. The maximum Gasteiger partial charge on any atom is 0.267 e. The second kappa shape index (κ2) is 8.51. The molecule has 0 spiro atoms. The summed E-state index contributed by atoms with van der Waals surface area (Å²) in [6, 6.07) is 13.4. The van der Waals surface area contributed by atoms with Gasteiger partial charge in [0, 0.05) is 6.04 Å². The Labute approximate surface area is 174 Å². The van der Waals surface area contributed by atoms with Crippen LogP contribution in [0.2, 0.25) is 10.0 Å². The van der Waals surface area contributed by atoms with Crippen LogP contribution in [-0.2, 0) is 4.79 Å². The minimum absolute atomic E-state index is 0.0509.